The predicted molar refractivity (Wildman–Crippen MR) is 78.8 cm³/mol. The zero-order chi connectivity index (χ0) is 13.4. The molecular weight excluding hydrogens is 222 g/mol. The van der Waals surface area contributed by atoms with E-state index in [1.165, 1.54) is 25.7 Å². The highest BCUT2D eigenvalue weighted by Gasteiger charge is 2.29. The molecule has 106 valence electrons. The molecule has 0 spiro atoms. The summed E-state index contributed by atoms with van der Waals surface area (Å²) in [7, 11) is 0. The fourth-order valence-electron chi connectivity index (χ4n) is 2.85. The zero-order valence-corrected chi connectivity index (χ0v) is 12.5. The summed E-state index contributed by atoms with van der Waals surface area (Å²) in [5, 5.41) is 3.51. The molecule has 0 amide bonds. The van der Waals surface area contributed by atoms with Crippen LogP contribution in [0.3, 0.4) is 0 Å². The lowest BCUT2D eigenvalue weighted by Crippen LogP contribution is -2.32. The second kappa shape index (κ2) is 7.96. The van der Waals surface area contributed by atoms with E-state index in [0.29, 0.717) is 12.0 Å². The van der Waals surface area contributed by atoms with Crippen molar-refractivity contribution in [2.24, 2.45) is 17.3 Å². The molecule has 0 atom stereocenters. The van der Waals surface area contributed by atoms with Gasteiger partial charge < -0.3 is 10.1 Å². The third-order valence-corrected chi connectivity index (χ3v) is 4.16. The minimum absolute atomic E-state index is 0.497. The van der Waals surface area contributed by atoms with Gasteiger partial charge in [0.05, 0.1) is 13.2 Å². The number of nitrogens with one attached hydrogen (secondary N) is 1. The summed E-state index contributed by atoms with van der Waals surface area (Å²) in [5.41, 5.74) is 0.497. The van der Waals surface area contributed by atoms with Gasteiger partial charge in [-0.25, -0.2) is 0 Å². The zero-order valence-electron chi connectivity index (χ0n) is 12.5. The Kier molecular flexibility index (Phi) is 6.95. The molecule has 0 heterocycles. The average molecular weight is 253 g/mol. The number of hydrogen-bond acceptors (Lipinski definition) is 2. The number of ether oxygens (including phenoxy) is 1. The standard InChI is InChI=1S/C16H31NO/c1-5-11-18-12-10-17-13-14-6-8-15(9-7-14)16(2,3)4/h5,14-15,17H,1,6-13H2,2-4H3. The fourth-order valence-corrected chi connectivity index (χ4v) is 2.85. The van der Waals surface area contributed by atoms with E-state index < -0.39 is 0 Å². The Labute approximate surface area is 113 Å². The van der Waals surface area contributed by atoms with Gasteiger partial charge >= 0.3 is 0 Å². The van der Waals surface area contributed by atoms with Crippen LogP contribution < -0.4 is 5.32 Å². The van der Waals surface area contributed by atoms with E-state index in [1.807, 2.05) is 0 Å². The molecule has 1 fully saturated rings. The van der Waals surface area contributed by atoms with Crippen molar-refractivity contribution in [3.8, 4) is 0 Å². The summed E-state index contributed by atoms with van der Waals surface area (Å²) in [4.78, 5) is 0. The van der Waals surface area contributed by atoms with Crippen LogP contribution in [0, 0.1) is 17.3 Å². The third kappa shape index (κ3) is 6.01. The molecule has 2 nitrogen and oxygen atoms in total. The Morgan fingerprint density at radius 1 is 1.22 bits per heavy atom. The summed E-state index contributed by atoms with van der Waals surface area (Å²) in [6.07, 6.45) is 7.39. The Hall–Kier alpha value is -0.340. The lowest BCUT2D eigenvalue weighted by molar-refractivity contribution is 0.142. The van der Waals surface area contributed by atoms with Crippen LogP contribution in [0.15, 0.2) is 12.7 Å². The van der Waals surface area contributed by atoms with Crippen LogP contribution in [0.25, 0.3) is 0 Å². The summed E-state index contributed by atoms with van der Waals surface area (Å²) in [6.45, 7) is 14.4. The lowest BCUT2D eigenvalue weighted by Gasteiger charge is -2.37. The Morgan fingerprint density at radius 3 is 2.44 bits per heavy atom. The molecule has 2 heteroatoms. The van der Waals surface area contributed by atoms with Crippen molar-refractivity contribution in [1.82, 2.24) is 5.32 Å². The lowest BCUT2D eigenvalue weighted by atomic mass is 9.70. The molecule has 1 aliphatic rings. The average Bonchev–Trinajstić information content (AvgIpc) is 2.33. The predicted octanol–water partition coefficient (Wildman–Crippen LogP) is 3.63. The maximum Gasteiger partial charge on any atom is 0.0645 e. The SMILES string of the molecule is C=CCOCCNCC1CCC(C(C)(C)C)CC1. The van der Waals surface area contributed by atoms with E-state index in [1.54, 1.807) is 6.08 Å². The van der Waals surface area contributed by atoms with Crippen molar-refractivity contribution in [2.45, 2.75) is 46.5 Å². The summed E-state index contributed by atoms with van der Waals surface area (Å²) >= 11 is 0. The summed E-state index contributed by atoms with van der Waals surface area (Å²) in [5.74, 6) is 1.80. The minimum Gasteiger partial charge on any atom is -0.376 e. The van der Waals surface area contributed by atoms with Crippen LogP contribution >= 0.6 is 0 Å². The van der Waals surface area contributed by atoms with E-state index >= 15 is 0 Å². The highest BCUT2D eigenvalue weighted by atomic mass is 16.5. The molecule has 1 N–H and O–H groups in total. The molecular formula is C16H31NO. The first-order chi connectivity index (χ1) is 8.54. The maximum absolute atomic E-state index is 5.35. The van der Waals surface area contributed by atoms with Crippen LogP contribution in [0.1, 0.15) is 46.5 Å². The first-order valence-electron chi connectivity index (χ1n) is 7.43. The van der Waals surface area contributed by atoms with Gasteiger partial charge in [0.25, 0.3) is 0 Å². The van der Waals surface area contributed by atoms with Crippen molar-refractivity contribution in [1.29, 1.82) is 0 Å². The van der Waals surface area contributed by atoms with Crippen molar-refractivity contribution in [3.63, 3.8) is 0 Å². The van der Waals surface area contributed by atoms with Gasteiger partial charge in [-0.05, 0) is 49.5 Å². The van der Waals surface area contributed by atoms with Gasteiger partial charge in [0.2, 0.25) is 0 Å². The van der Waals surface area contributed by atoms with E-state index in [0.717, 1.165) is 31.5 Å². The molecule has 0 aliphatic heterocycles. The summed E-state index contributed by atoms with van der Waals surface area (Å²) in [6, 6.07) is 0. The Bertz CT molecular complexity index is 224. The van der Waals surface area contributed by atoms with E-state index in [9.17, 15) is 0 Å². The fraction of sp³-hybridized carbons (Fsp3) is 0.875. The van der Waals surface area contributed by atoms with Gasteiger partial charge in [0.1, 0.15) is 0 Å². The highest BCUT2D eigenvalue weighted by Crippen LogP contribution is 2.39. The van der Waals surface area contributed by atoms with Crippen molar-refractivity contribution >= 4 is 0 Å². The molecule has 1 rings (SSSR count). The monoisotopic (exact) mass is 253 g/mol. The molecule has 0 unspecified atom stereocenters. The first-order valence-corrected chi connectivity index (χ1v) is 7.43. The molecule has 0 aromatic heterocycles. The second-order valence-corrected chi connectivity index (χ2v) is 6.65. The Balaban J connectivity index is 2.04. The molecule has 0 aromatic rings. The number of rotatable bonds is 7. The molecule has 1 aliphatic carbocycles. The molecule has 0 saturated heterocycles. The van der Waals surface area contributed by atoms with Crippen LogP contribution in [-0.4, -0.2) is 26.3 Å². The Morgan fingerprint density at radius 2 is 1.89 bits per heavy atom. The van der Waals surface area contributed by atoms with Crippen LogP contribution in [0.5, 0.6) is 0 Å². The molecule has 0 aromatic carbocycles. The van der Waals surface area contributed by atoms with Crippen LogP contribution in [0.2, 0.25) is 0 Å². The second-order valence-electron chi connectivity index (χ2n) is 6.65. The van der Waals surface area contributed by atoms with E-state index in [2.05, 4.69) is 32.7 Å². The van der Waals surface area contributed by atoms with Crippen LogP contribution in [0.4, 0.5) is 0 Å². The maximum atomic E-state index is 5.35. The van der Waals surface area contributed by atoms with Gasteiger partial charge in [0.15, 0.2) is 0 Å². The quantitative estimate of drug-likeness (QED) is 0.552. The van der Waals surface area contributed by atoms with Gasteiger partial charge in [-0.1, -0.05) is 26.8 Å². The van der Waals surface area contributed by atoms with Gasteiger partial charge in [-0.15, -0.1) is 6.58 Å². The van der Waals surface area contributed by atoms with Gasteiger partial charge in [0, 0.05) is 6.54 Å². The van der Waals surface area contributed by atoms with Crippen molar-refractivity contribution < 1.29 is 4.74 Å². The molecule has 1 saturated carbocycles. The molecule has 0 radical (unpaired) electrons. The van der Waals surface area contributed by atoms with E-state index in [-0.39, 0.29) is 0 Å². The molecule has 18 heavy (non-hydrogen) atoms. The first kappa shape index (κ1) is 15.7. The van der Waals surface area contributed by atoms with Crippen molar-refractivity contribution in [2.75, 3.05) is 26.3 Å². The van der Waals surface area contributed by atoms with Crippen molar-refractivity contribution in [3.05, 3.63) is 12.7 Å². The highest BCUT2D eigenvalue weighted by molar-refractivity contribution is 4.81. The third-order valence-electron chi connectivity index (χ3n) is 4.16. The normalized spacial score (nSPS) is 25.1. The smallest absolute Gasteiger partial charge is 0.0645 e. The molecule has 0 bridgehead atoms. The number of hydrogen-bond donors (Lipinski definition) is 1. The minimum atomic E-state index is 0.497. The largest absolute Gasteiger partial charge is 0.376 e. The summed E-state index contributed by atoms with van der Waals surface area (Å²) < 4.78 is 5.35. The van der Waals surface area contributed by atoms with Gasteiger partial charge in [-0.2, -0.15) is 0 Å². The van der Waals surface area contributed by atoms with Gasteiger partial charge in [-0.3, -0.25) is 0 Å². The van der Waals surface area contributed by atoms with Crippen LogP contribution in [-0.2, 0) is 4.74 Å². The topological polar surface area (TPSA) is 21.3 Å². The van der Waals surface area contributed by atoms with E-state index in [4.69, 9.17) is 4.74 Å².